The third-order valence-corrected chi connectivity index (χ3v) is 13.3. The summed E-state index contributed by atoms with van der Waals surface area (Å²) >= 11 is 7.03. The molecule has 2 aliphatic heterocycles. The summed E-state index contributed by atoms with van der Waals surface area (Å²) in [7, 11) is 0. The molecule has 2 heterocycles. The van der Waals surface area contributed by atoms with Gasteiger partial charge >= 0.3 is 24.5 Å². The minimum Gasteiger partial charge on any atom is -0.444 e. The highest BCUT2D eigenvalue weighted by Gasteiger charge is 2.42. The molecule has 0 saturated carbocycles. The highest BCUT2D eigenvalue weighted by Crippen LogP contribution is 2.52. The molecule has 0 N–H and O–H groups in total. The van der Waals surface area contributed by atoms with E-state index in [9.17, 15) is 19.2 Å². The number of ether oxygens (including phenoxy) is 2. The summed E-state index contributed by atoms with van der Waals surface area (Å²) < 4.78 is 105. The van der Waals surface area contributed by atoms with Gasteiger partial charge in [0, 0.05) is 94.4 Å². The van der Waals surface area contributed by atoms with Crippen LogP contribution >= 0.6 is 43.6 Å². The Morgan fingerprint density at radius 2 is 0.826 bits per heavy atom. The molecule has 19 heteroatoms. The number of halogens is 8. The molecule has 2 fully saturated rings. The SMILES string of the molecule is CC(C)(C)OC(=O)N1CCN(C(=O)C=Cc2ccc(Sc3ccc(C=CC(=O)N4CCN(C(=O)OC(C)(C)C)CC4)c(-c4ccccc4Br)c3C(F)(F)F)c(C(F)(F)F)c2-c2ccccc2Br)CC1. The third kappa shape index (κ3) is 13.5. The molecule has 2 saturated heterocycles. The van der Waals surface area contributed by atoms with Crippen molar-refractivity contribution >= 4 is 79.8 Å². The van der Waals surface area contributed by atoms with Crippen molar-refractivity contribution in [1.82, 2.24) is 19.6 Å². The van der Waals surface area contributed by atoms with Gasteiger partial charge in [0.15, 0.2) is 0 Å². The lowest BCUT2D eigenvalue weighted by Gasteiger charge is -2.35. The molecule has 0 spiro atoms. The van der Waals surface area contributed by atoms with Crippen molar-refractivity contribution in [3.05, 3.63) is 116 Å². The number of hydrogen-bond acceptors (Lipinski definition) is 7. The van der Waals surface area contributed by atoms with Crippen molar-refractivity contribution in [2.45, 2.75) is 74.9 Å². The summed E-state index contributed by atoms with van der Waals surface area (Å²) in [6.45, 7) is 11.7. The maximum Gasteiger partial charge on any atom is 0.418 e. The standard InChI is InChI=1S/C50H50Br2F6N4O6S/c1-47(2,3)67-45(65)61-27-23-59(24-28-61)39(63)21-17-31-15-19-37(43(49(53,54)55)41(31)33-11-7-9-13-35(33)51)69-38-20-16-32(42(44(38)50(56,57)58)34-12-8-10-14-36(34)52)18-22-40(64)60-25-29-62(30-26-60)46(66)68-48(4,5)6/h7-22H,23-30H2,1-6H3. The van der Waals surface area contributed by atoms with E-state index >= 15 is 26.3 Å². The van der Waals surface area contributed by atoms with Crippen LogP contribution in [0.4, 0.5) is 35.9 Å². The molecule has 368 valence electrons. The van der Waals surface area contributed by atoms with Crippen LogP contribution < -0.4 is 0 Å². The van der Waals surface area contributed by atoms with E-state index in [0.29, 0.717) is 11.8 Å². The second-order valence-electron chi connectivity index (χ2n) is 18.1. The number of alkyl halides is 6. The van der Waals surface area contributed by atoms with Crippen molar-refractivity contribution in [3.63, 3.8) is 0 Å². The number of piperazine rings is 2. The quantitative estimate of drug-likeness (QED) is 0.128. The van der Waals surface area contributed by atoms with Gasteiger partial charge in [0.05, 0.1) is 11.1 Å². The van der Waals surface area contributed by atoms with E-state index in [1.165, 1.54) is 80.3 Å². The molecule has 0 atom stereocenters. The molecule has 0 aliphatic carbocycles. The van der Waals surface area contributed by atoms with Crippen LogP contribution in [0, 0.1) is 0 Å². The van der Waals surface area contributed by atoms with E-state index in [0.717, 1.165) is 24.3 Å². The molecule has 0 aromatic heterocycles. The molecule has 2 aliphatic rings. The molecular formula is C50H50Br2F6N4O6S. The summed E-state index contributed by atoms with van der Waals surface area (Å²) in [4.78, 5) is 56.9. The first kappa shape index (κ1) is 53.1. The molecule has 4 aromatic rings. The van der Waals surface area contributed by atoms with Gasteiger partial charge in [0.25, 0.3) is 0 Å². The number of carbonyl (C=O) groups excluding carboxylic acids is 4. The summed E-state index contributed by atoms with van der Waals surface area (Å²) in [6.07, 6.45) is -6.54. The van der Waals surface area contributed by atoms with Crippen molar-refractivity contribution in [3.8, 4) is 22.3 Å². The molecular weight excluding hydrogens is 1060 g/mol. The fourth-order valence-corrected chi connectivity index (χ4v) is 9.76. The number of amides is 4. The zero-order valence-electron chi connectivity index (χ0n) is 38.6. The highest BCUT2D eigenvalue weighted by molar-refractivity contribution is 9.11. The Morgan fingerprint density at radius 3 is 1.13 bits per heavy atom. The normalized spacial score (nSPS) is 15.3. The lowest BCUT2D eigenvalue weighted by Crippen LogP contribution is -2.51. The Bertz CT molecular complexity index is 2470. The molecule has 4 aromatic carbocycles. The van der Waals surface area contributed by atoms with E-state index in [-0.39, 0.29) is 94.7 Å². The van der Waals surface area contributed by atoms with Gasteiger partial charge in [-0.1, -0.05) is 92.2 Å². The first-order valence-electron chi connectivity index (χ1n) is 21.8. The van der Waals surface area contributed by atoms with E-state index < -0.39 is 68.5 Å². The van der Waals surface area contributed by atoms with Crippen molar-refractivity contribution in [1.29, 1.82) is 0 Å². The van der Waals surface area contributed by atoms with E-state index in [1.807, 2.05) is 0 Å². The van der Waals surface area contributed by atoms with Crippen LogP contribution in [0.2, 0.25) is 0 Å². The molecule has 0 radical (unpaired) electrons. The van der Waals surface area contributed by atoms with E-state index in [1.54, 1.807) is 53.7 Å². The predicted molar refractivity (Wildman–Crippen MR) is 260 cm³/mol. The Labute approximate surface area is 417 Å². The number of benzene rings is 4. The molecule has 0 unspecified atom stereocenters. The second kappa shape index (κ2) is 21.4. The van der Waals surface area contributed by atoms with Gasteiger partial charge in [0.1, 0.15) is 11.2 Å². The Morgan fingerprint density at radius 1 is 0.507 bits per heavy atom. The first-order valence-corrected chi connectivity index (χ1v) is 24.2. The van der Waals surface area contributed by atoms with Crippen LogP contribution in [-0.4, -0.2) is 107 Å². The van der Waals surface area contributed by atoms with E-state index in [4.69, 9.17) is 9.47 Å². The van der Waals surface area contributed by atoms with Gasteiger partial charge in [-0.25, -0.2) is 9.59 Å². The smallest absolute Gasteiger partial charge is 0.418 e. The van der Waals surface area contributed by atoms with Gasteiger partial charge in [-0.15, -0.1) is 0 Å². The minimum atomic E-state index is -5.12. The average molecular weight is 1110 g/mol. The lowest BCUT2D eigenvalue weighted by atomic mass is 9.93. The molecule has 69 heavy (non-hydrogen) atoms. The summed E-state index contributed by atoms with van der Waals surface area (Å²) in [5.74, 6) is -1.04. The zero-order valence-corrected chi connectivity index (χ0v) is 42.6. The topological polar surface area (TPSA) is 99.7 Å². The fourth-order valence-electron chi connectivity index (χ4n) is 7.64. The predicted octanol–water partition coefficient (Wildman–Crippen LogP) is 12.9. The molecule has 6 rings (SSSR count). The maximum absolute atomic E-state index is 15.7. The third-order valence-electron chi connectivity index (χ3n) is 10.8. The van der Waals surface area contributed by atoms with Crippen molar-refractivity contribution in [2.75, 3.05) is 52.4 Å². The summed E-state index contributed by atoms with van der Waals surface area (Å²) in [5.41, 5.74) is -4.54. The average Bonchev–Trinajstić information content (AvgIpc) is 3.26. The highest BCUT2D eigenvalue weighted by atomic mass is 79.9. The molecule has 4 amide bonds. The number of carbonyl (C=O) groups is 4. The summed E-state index contributed by atoms with van der Waals surface area (Å²) in [6, 6.07) is 17.0. The first-order chi connectivity index (χ1) is 32.2. The lowest BCUT2D eigenvalue weighted by molar-refractivity contribution is -0.139. The fraction of sp³-hybridized carbons (Fsp3) is 0.360. The van der Waals surface area contributed by atoms with Crippen molar-refractivity contribution < 1.29 is 55.0 Å². The largest absolute Gasteiger partial charge is 0.444 e. The monoisotopic (exact) mass is 1110 g/mol. The maximum atomic E-state index is 15.7. The zero-order chi connectivity index (χ0) is 50.6. The Hall–Kier alpha value is -5.27. The van der Waals surface area contributed by atoms with Gasteiger partial charge in [-0.05, 0) is 100 Å². The number of rotatable bonds is 8. The molecule has 0 bridgehead atoms. The van der Waals surface area contributed by atoms with Crippen LogP contribution in [-0.2, 0) is 31.4 Å². The van der Waals surface area contributed by atoms with Crippen molar-refractivity contribution in [2.24, 2.45) is 0 Å². The van der Waals surface area contributed by atoms with Gasteiger partial charge in [-0.2, -0.15) is 26.3 Å². The van der Waals surface area contributed by atoms with E-state index in [2.05, 4.69) is 31.9 Å². The Kier molecular flexibility index (Phi) is 16.5. The van der Waals surface area contributed by atoms with Gasteiger partial charge in [-0.3, -0.25) is 9.59 Å². The van der Waals surface area contributed by atoms with Crippen LogP contribution in [0.3, 0.4) is 0 Å². The summed E-state index contributed by atoms with van der Waals surface area (Å²) in [5, 5.41) is 0. The molecule has 10 nitrogen and oxygen atoms in total. The van der Waals surface area contributed by atoms with Gasteiger partial charge in [0.2, 0.25) is 11.8 Å². The Balaban J connectivity index is 1.38. The van der Waals surface area contributed by atoms with Crippen LogP contribution in [0.25, 0.3) is 34.4 Å². The number of hydrogen-bond donors (Lipinski definition) is 0. The second-order valence-corrected chi connectivity index (χ2v) is 20.9. The van der Waals surface area contributed by atoms with Gasteiger partial charge < -0.3 is 29.1 Å². The number of nitrogens with zero attached hydrogens (tertiary/aromatic N) is 4. The minimum absolute atomic E-state index is 0.0272. The van der Waals surface area contributed by atoms with Crippen LogP contribution in [0.5, 0.6) is 0 Å². The van der Waals surface area contributed by atoms with Crippen LogP contribution in [0.15, 0.2) is 104 Å². The van der Waals surface area contributed by atoms with Crippen LogP contribution in [0.1, 0.15) is 63.8 Å².